The van der Waals surface area contributed by atoms with Crippen LogP contribution in [0.5, 0.6) is 0 Å². The lowest BCUT2D eigenvalue weighted by atomic mass is 10.0. The van der Waals surface area contributed by atoms with Crippen LogP contribution in [0.4, 0.5) is 8.78 Å². The molecule has 0 aliphatic carbocycles. The van der Waals surface area contributed by atoms with Crippen molar-refractivity contribution in [2.45, 2.75) is 132 Å². The third-order valence-electron chi connectivity index (χ3n) is 11.8. The Kier molecular flexibility index (Phi) is 28.9. The zero-order valence-corrected chi connectivity index (χ0v) is 42.1. The van der Waals surface area contributed by atoms with E-state index < -0.39 is 138 Å². The van der Waals surface area contributed by atoms with Crippen molar-refractivity contribution in [1.29, 1.82) is 5.41 Å². The van der Waals surface area contributed by atoms with Crippen LogP contribution in [0.3, 0.4) is 0 Å². The maximum Gasteiger partial charge on any atom is 0.352 e. The number of rotatable bonds is 34. The van der Waals surface area contributed by atoms with Gasteiger partial charge in [0, 0.05) is 26.1 Å². The van der Waals surface area contributed by atoms with Gasteiger partial charge in [0.25, 0.3) is 0 Å². The number of guanidine groups is 1. The normalized spacial score (nSPS) is 16.1. The van der Waals surface area contributed by atoms with Crippen LogP contribution < -0.4 is 76.9 Å². The number of carboxylic acids is 1. The fourth-order valence-corrected chi connectivity index (χ4v) is 7.64. The van der Waals surface area contributed by atoms with Crippen LogP contribution in [0.15, 0.2) is 30.0 Å². The predicted molar refractivity (Wildman–Crippen MR) is 269 cm³/mol. The van der Waals surface area contributed by atoms with Gasteiger partial charge < -0.3 is 92.0 Å². The standard InChI is InChI=1S/C46H76F2N16O11/c1-25(58-43(72)37(35(65)23-52)63-39(68)29(53)9-2-4-16-49)38(67)57-24-36(66)59-31(11-6-18-51)44(73)64-20-8-13-34(64)42(71)62-33(22-26-14-15-27(47)28(48)21-26)41(70)60-30(10-3-5-17-50)40(69)61-32(45(74)75)12-7-19-56-46(54)55/h12,14-15,21,25,29-31,33-35,37,65H,2-11,13,16-20,22-24,49-53H2,1H3,(H,57,67)(H,58,72)(H,59,66)(H,60,70)(H,61,69)(H,62,71)(H,63,68)(H,74,75)(H4,54,55,56)/b32-12-/t25-,29?,30-,31+,33-,34-,35-,37-/m0/s1. The second kappa shape index (κ2) is 33.8. The van der Waals surface area contributed by atoms with Gasteiger partial charge in [0.1, 0.15) is 41.9 Å². The van der Waals surface area contributed by atoms with Crippen molar-refractivity contribution in [3.05, 3.63) is 47.2 Å². The third kappa shape index (κ3) is 22.6. The number of carboxylic acid groups (broad SMARTS) is 1. The van der Waals surface area contributed by atoms with Crippen molar-refractivity contribution in [3.8, 4) is 0 Å². The van der Waals surface area contributed by atoms with E-state index in [2.05, 4.69) is 42.5 Å². The van der Waals surface area contributed by atoms with Gasteiger partial charge in [-0.1, -0.05) is 18.6 Å². The van der Waals surface area contributed by atoms with Gasteiger partial charge in [-0.3, -0.25) is 43.8 Å². The Balaban J connectivity index is 2.27. The van der Waals surface area contributed by atoms with Crippen molar-refractivity contribution in [2.75, 3.05) is 45.8 Å². The van der Waals surface area contributed by atoms with Gasteiger partial charge in [-0.25, -0.2) is 13.6 Å². The molecule has 23 N–H and O–H groups in total. The summed E-state index contributed by atoms with van der Waals surface area (Å²) in [6.07, 6.45) is 1.80. The molecule has 1 saturated heterocycles. The Hall–Kier alpha value is -6.92. The number of aliphatic hydroxyl groups excluding tert-OH is 1. The van der Waals surface area contributed by atoms with Gasteiger partial charge in [-0.2, -0.15) is 0 Å². The van der Waals surface area contributed by atoms with E-state index >= 15 is 0 Å². The number of likely N-dealkylation sites (tertiary alicyclic amines) is 1. The van der Waals surface area contributed by atoms with E-state index in [4.69, 9.17) is 39.8 Å². The number of benzene rings is 1. The molecule has 27 nitrogen and oxygen atoms in total. The third-order valence-corrected chi connectivity index (χ3v) is 11.8. The Morgan fingerprint density at radius 1 is 0.773 bits per heavy atom. The summed E-state index contributed by atoms with van der Waals surface area (Å²) in [7, 11) is 0. The minimum Gasteiger partial charge on any atom is -0.477 e. The van der Waals surface area contributed by atoms with Crippen molar-refractivity contribution < 1.29 is 62.1 Å². The number of aliphatic carboxylic acids is 1. The van der Waals surface area contributed by atoms with Crippen LogP contribution >= 0.6 is 0 Å². The predicted octanol–water partition coefficient (Wildman–Crippen LogP) is -5.34. The van der Waals surface area contributed by atoms with Crippen LogP contribution in [0, 0.1) is 17.0 Å². The lowest BCUT2D eigenvalue weighted by Crippen LogP contribution is -2.60. The van der Waals surface area contributed by atoms with Crippen molar-refractivity contribution in [3.63, 3.8) is 0 Å². The van der Waals surface area contributed by atoms with E-state index in [1.807, 2.05) is 0 Å². The molecule has 8 amide bonds. The molecule has 29 heteroatoms. The lowest BCUT2D eigenvalue weighted by Gasteiger charge is -2.30. The van der Waals surface area contributed by atoms with Crippen LogP contribution in [0.1, 0.15) is 83.1 Å². The zero-order valence-electron chi connectivity index (χ0n) is 42.1. The summed E-state index contributed by atoms with van der Waals surface area (Å²) < 4.78 is 28.4. The molecular formula is C46H76F2N16O11. The van der Waals surface area contributed by atoms with Crippen molar-refractivity contribution in [2.24, 2.45) is 34.4 Å². The molecule has 1 aliphatic rings. The number of hydrogen-bond acceptors (Lipinski definition) is 16. The molecule has 1 heterocycles. The van der Waals surface area contributed by atoms with Crippen molar-refractivity contribution >= 4 is 59.2 Å². The summed E-state index contributed by atoms with van der Waals surface area (Å²) in [5.41, 5.74) is 33.1. The van der Waals surface area contributed by atoms with Gasteiger partial charge in [-0.05, 0) is 108 Å². The highest BCUT2D eigenvalue weighted by molar-refractivity contribution is 5.99. The largest absolute Gasteiger partial charge is 0.477 e. The molecule has 0 bridgehead atoms. The molecule has 1 unspecified atom stereocenters. The number of amides is 8. The topological polar surface area (TPSA) is 474 Å². The molecule has 1 fully saturated rings. The molecule has 0 spiro atoms. The lowest BCUT2D eigenvalue weighted by molar-refractivity contribution is -0.142. The highest BCUT2D eigenvalue weighted by Gasteiger charge is 2.40. The number of nitrogens with zero attached hydrogens (tertiary/aromatic N) is 1. The zero-order chi connectivity index (χ0) is 56.2. The van der Waals surface area contributed by atoms with Gasteiger partial charge in [0.15, 0.2) is 17.6 Å². The molecule has 0 radical (unpaired) electrons. The molecule has 1 aliphatic heterocycles. The van der Waals surface area contributed by atoms with E-state index in [-0.39, 0.29) is 82.6 Å². The first-order chi connectivity index (χ1) is 35.6. The molecule has 75 heavy (non-hydrogen) atoms. The Morgan fingerprint density at radius 3 is 2.04 bits per heavy atom. The van der Waals surface area contributed by atoms with Crippen molar-refractivity contribution in [1.82, 2.24) is 47.4 Å². The van der Waals surface area contributed by atoms with Crippen LogP contribution in [0.2, 0.25) is 0 Å². The van der Waals surface area contributed by atoms with Crippen LogP contribution in [-0.4, -0.2) is 169 Å². The number of unbranched alkanes of at least 4 members (excludes halogenated alkanes) is 2. The van der Waals surface area contributed by atoms with Gasteiger partial charge in [-0.15, -0.1) is 0 Å². The molecule has 8 atom stereocenters. The number of halogens is 2. The Bertz CT molecular complexity index is 2160. The number of aliphatic hydroxyl groups is 1. The van der Waals surface area contributed by atoms with E-state index in [9.17, 15) is 62.1 Å². The van der Waals surface area contributed by atoms with E-state index in [0.29, 0.717) is 32.2 Å². The summed E-state index contributed by atoms with van der Waals surface area (Å²) in [6.45, 7) is 0.910. The van der Waals surface area contributed by atoms with E-state index in [1.54, 1.807) is 0 Å². The second-order valence-electron chi connectivity index (χ2n) is 17.8. The van der Waals surface area contributed by atoms with Gasteiger partial charge in [0.05, 0.1) is 18.7 Å². The monoisotopic (exact) mass is 1070 g/mol. The first-order valence-corrected chi connectivity index (χ1v) is 24.7. The van der Waals surface area contributed by atoms with E-state index in [1.165, 1.54) is 17.9 Å². The van der Waals surface area contributed by atoms with Gasteiger partial charge >= 0.3 is 5.97 Å². The highest BCUT2D eigenvalue weighted by atomic mass is 19.2. The molecular weight excluding hydrogens is 991 g/mol. The first kappa shape index (κ1) is 64.2. The quantitative estimate of drug-likeness (QED) is 0.0133. The molecule has 1 aromatic rings. The number of hydrogen-bond donors (Lipinski definition) is 17. The summed E-state index contributed by atoms with van der Waals surface area (Å²) >= 11 is 0. The second-order valence-corrected chi connectivity index (χ2v) is 17.8. The Labute approximate surface area is 433 Å². The number of nitrogens with two attached hydrogens (primary N) is 6. The molecule has 0 saturated carbocycles. The molecule has 0 aromatic heterocycles. The minimum absolute atomic E-state index is 0.0115. The highest BCUT2D eigenvalue weighted by Crippen LogP contribution is 2.21. The minimum atomic E-state index is -1.59. The molecule has 1 aromatic carbocycles. The fraction of sp³-hybridized carbons (Fsp3) is 0.609. The summed E-state index contributed by atoms with van der Waals surface area (Å²) in [4.78, 5) is 121. The summed E-state index contributed by atoms with van der Waals surface area (Å²) in [5.74, 6) is -11.3. The van der Waals surface area contributed by atoms with E-state index in [0.717, 1.165) is 18.2 Å². The smallest absolute Gasteiger partial charge is 0.352 e. The summed E-state index contributed by atoms with van der Waals surface area (Å²) in [5, 5.41) is 46.9. The average Bonchev–Trinajstić information content (AvgIpc) is 3.87. The Morgan fingerprint density at radius 2 is 1.43 bits per heavy atom. The number of carbonyl (C=O) groups is 9. The van der Waals surface area contributed by atoms with Crippen LogP contribution in [0.25, 0.3) is 0 Å². The fourth-order valence-electron chi connectivity index (χ4n) is 7.64. The summed E-state index contributed by atoms with van der Waals surface area (Å²) in [6, 6.07) is -6.65. The average molecular weight is 1070 g/mol. The maximum absolute atomic E-state index is 14.4. The maximum atomic E-state index is 14.4. The number of carbonyl (C=O) groups excluding carboxylic acids is 8. The van der Waals surface area contributed by atoms with Crippen LogP contribution in [-0.2, 0) is 49.6 Å². The first-order valence-electron chi connectivity index (χ1n) is 24.7. The molecule has 2 rings (SSSR count). The SMILES string of the molecule is C[C@H](NC(=O)[C@@H](NC(=O)C(N)CCCCN)[C@@H](O)CN)C(=O)NCC(=O)N[C@H](CCCN)C(=O)N1CCC[C@H]1C(=O)N[C@@H](Cc1ccc(F)c(F)c1)C(=O)N[C@@H](CCCCN)C(=O)N/C(=C\CCNC(=N)N)C(=O)O. The van der Waals surface area contributed by atoms with Gasteiger partial charge in [0.2, 0.25) is 47.3 Å². The number of nitrogens with one attached hydrogen (secondary N) is 9. The molecule has 420 valence electrons.